The molecule has 2 aliphatic heterocycles. The summed E-state index contributed by atoms with van der Waals surface area (Å²) in [7, 11) is -5.04. The average Bonchev–Trinajstić information content (AvgIpc) is 3.20. The maximum absolute atomic E-state index is 12.8. The summed E-state index contributed by atoms with van der Waals surface area (Å²) in [5, 5.41) is 9.32. The van der Waals surface area contributed by atoms with Gasteiger partial charge in [0.15, 0.2) is 0 Å². The maximum atomic E-state index is 12.8. The van der Waals surface area contributed by atoms with Crippen molar-refractivity contribution in [3.63, 3.8) is 0 Å². The van der Waals surface area contributed by atoms with Crippen molar-refractivity contribution >= 4 is 34.5 Å². The zero-order chi connectivity index (χ0) is 24.7. The van der Waals surface area contributed by atoms with Crippen LogP contribution in [0.15, 0.2) is 6.20 Å². The van der Waals surface area contributed by atoms with Crippen LogP contribution in [0.25, 0.3) is 0 Å². The molecule has 1 fully saturated rings. The number of nitrogens with two attached hydrogens (primary N) is 1. The molecule has 33 heavy (non-hydrogen) atoms. The first-order valence-electron chi connectivity index (χ1n) is 9.56. The Labute approximate surface area is 187 Å². The van der Waals surface area contributed by atoms with Crippen LogP contribution in [-0.4, -0.2) is 82.0 Å². The highest BCUT2D eigenvalue weighted by molar-refractivity contribution is 7.80. The molecule has 0 radical (unpaired) electrons. The number of alkyl carbamates (subject to hydrolysis) is 1. The Bertz CT molecular complexity index is 1090. The number of rotatable bonds is 6. The Kier molecular flexibility index (Phi) is 6.22. The number of urea groups is 1. The number of ether oxygens (including phenoxy) is 1. The summed E-state index contributed by atoms with van der Waals surface area (Å²) in [5.41, 5.74) is 4.61. The number of aromatic nitrogens is 2. The maximum Gasteiger partial charge on any atom is 0.418 e. The van der Waals surface area contributed by atoms with Gasteiger partial charge in [-0.2, -0.15) is 23.3 Å². The van der Waals surface area contributed by atoms with Crippen LogP contribution in [0, 0.1) is 0 Å². The number of amides is 5. The standard InChI is InChI=1S/C16H23N7O9S/c1-16(2,3)31-14(26)19-4-9-12-8(6-22(20-12)13(25)18-5-11(17)24)10-7-21(9)15(27)23(10)32-33(28,29)30/h6,9-10H,4-5,7H2,1-3H3,(H2,17,24)(H,18,25)(H,19,26)(H,28,29,30)/t9-,10-/m1/s1. The van der Waals surface area contributed by atoms with Gasteiger partial charge in [-0.25, -0.2) is 14.4 Å². The van der Waals surface area contributed by atoms with Gasteiger partial charge in [-0.3, -0.25) is 9.35 Å². The fourth-order valence-electron chi connectivity index (χ4n) is 3.38. The molecule has 1 saturated heterocycles. The van der Waals surface area contributed by atoms with E-state index in [4.69, 9.17) is 15.0 Å². The molecule has 3 rings (SSSR count). The molecule has 0 spiro atoms. The van der Waals surface area contributed by atoms with Crippen LogP contribution in [0.5, 0.6) is 0 Å². The summed E-state index contributed by atoms with van der Waals surface area (Å²) in [6.07, 6.45) is 0.440. The molecule has 0 aromatic carbocycles. The summed E-state index contributed by atoms with van der Waals surface area (Å²) in [4.78, 5) is 49.2. The van der Waals surface area contributed by atoms with Crippen molar-refractivity contribution in [1.82, 2.24) is 30.4 Å². The van der Waals surface area contributed by atoms with E-state index in [0.717, 1.165) is 9.58 Å². The molecule has 1 aromatic heterocycles. The minimum atomic E-state index is -5.04. The fraction of sp³-hybridized carbons (Fsp3) is 0.562. The highest BCUT2D eigenvalue weighted by Crippen LogP contribution is 2.43. The largest absolute Gasteiger partial charge is 0.444 e. The van der Waals surface area contributed by atoms with E-state index in [1.54, 1.807) is 20.8 Å². The molecule has 16 nitrogen and oxygen atoms in total. The van der Waals surface area contributed by atoms with E-state index in [1.165, 1.54) is 6.20 Å². The van der Waals surface area contributed by atoms with Crippen LogP contribution in [-0.2, 0) is 24.2 Å². The van der Waals surface area contributed by atoms with Crippen LogP contribution in [0.2, 0.25) is 0 Å². The van der Waals surface area contributed by atoms with E-state index in [2.05, 4.69) is 20.0 Å². The Hall–Kier alpha value is -3.44. The van der Waals surface area contributed by atoms with Crippen LogP contribution in [0.3, 0.4) is 0 Å². The molecule has 0 aliphatic carbocycles. The third-order valence-electron chi connectivity index (χ3n) is 4.55. The van der Waals surface area contributed by atoms with E-state index in [-0.39, 0.29) is 24.3 Å². The predicted molar refractivity (Wildman–Crippen MR) is 107 cm³/mol. The van der Waals surface area contributed by atoms with Gasteiger partial charge >= 0.3 is 28.6 Å². The summed E-state index contributed by atoms with van der Waals surface area (Å²) in [6.45, 7) is 4.25. The van der Waals surface area contributed by atoms with Crippen molar-refractivity contribution in [3.8, 4) is 0 Å². The fourth-order valence-corrected chi connectivity index (χ4v) is 3.75. The monoisotopic (exact) mass is 489 g/mol. The van der Waals surface area contributed by atoms with Crippen molar-refractivity contribution in [2.75, 3.05) is 19.6 Å². The number of carbonyl (C=O) groups is 4. The van der Waals surface area contributed by atoms with Gasteiger partial charge in [0.2, 0.25) is 5.91 Å². The molecule has 2 atom stereocenters. The molecular weight excluding hydrogens is 466 g/mol. The summed E-state index contributed by atoms with van der Waals surface area (Å²) >= 11 is 0. The first-order valence-corrected chi connectivity index (χ1v) is 10.9. The molecule has 17 heteroatoms. The lowest BCUT2D eigenvalue weighted by molar-refractivity contribution is -0.117. The van der Waals surface area contributed by atoms with Gasteiger partial charge in [-0.15, -0.1) is 4.28 Å². The smallest absolute Gasteiger partial charge is 0.418 e. The third kappa shape index (κ3) is 5.49. The molecular formula is C16H23N7O9S. The Balaban J connectivity index is 1.92. The number of primary amides is 1. The Morgan fingerprint density at radius 1 is 1.30 bits per heavy atom. The second kappa shape index (κ2) is 8.49. The molecule has 5 N–H and O–H groups in total. The molecule has 0 saturated carbocycles. The van der Waals surface area contributed by atoms with Crippen molar-refractivity contribution < 1.29 is 41.2 Å². The van der Waals surface area contributed by atoms with E-state index in [9.17, 15) is 27.6 Å². The van der Waals surface area contributed by atoms with Gasteiger partial charge in [0, 0.05) is 18.3 Å². The predicted octanol–water partition coefficient (Wildman–Crippen LogP) is -0.981. The van der Waals surface area contributed by atoms with Crippen molar-refractivity contribution in [2.24, 2.45) is 5.73 Å². The number of hydroxylamine groups is 2. The van der Waals surface area contributed by atoms with E-state index in [1.807, 2.05) is 0 Å². The lowest BCUT2D eigenvalue weighted by Crippen LogP contribution is -2.43. The molecule has 2 aliphatic rings. The molecule has 5 amide bonds. The number of hydrogen-bond acceptors (Lipinski definition) is 9. The van der Waals surface area contributed by atoms with Gasteiger partial charge < -0.3 is 26.0 Å². The highest BCUT2D eigenvalue weighted by Gasteiger charge is 2.52. The normalized spacial score (nSPS) is 19.8. The average molecular weight is 489 g/mol. The van der Waals surface area contributed by atoms with Crippen LogP contribution in [0.4, 0.5) is 14.4 Å². The number of fused-ring (bicyclic) bond motifs is 4. The number of nitrogens with zero attached hydrogens (tertiary/aromatic N) is 4. The minimum absolute atomic E-state index is 0.0867. The van der Waals surface area contributed by atoms with E-state index >= 15 is 0 Å². The zero-order valence-corrected chi connectivity index (χ0v) is 18.7. The third-order valence-corrected chi connectivity index (χ3v) is 4.89. The molecule has 0 unspecified atom stereocenters. The molecule has 182 valence electrons. The highest BCUT2D eigenvalue weighted by atomic mass is 32.3. The van der Waals surface area contributed by atoms with Crippen molar-refractivity contribution in [1.29, 1.82) is 0 Å². The SMILES string of the molecule is CC(C)(C)OC(=O)NC[C@@H]1c2nn(C(=O)NCC(N)=O)cc2[C@H]2CN1C(=O)N2OS(=O)(=O)O. The minimum Gasteiger partial charge on any atom is -0.444 e. The molecule has 1 aromatic rings. The van der Waals surface area contributed by atoms with Gasteiger partial charge in [-0.1, -0.05) is 0 Å². The lowest BCUT2D eigenvalue weighted by atomic mass is 9.98. The first-order chi connectivity index (χ1) is 15.2. The number of nitrogens with one attached hydrogen (secondary N) is 2. The molecule has 3 heterocycles. The van der Waals surface area contributed by atoms with Crippen molar-refractivity contribution in [3.05, 3.63) is 17.5 Å². The van der Waals surface area contributed by atoms with E-state index in [0.29, 0.717) is 5.06 Å². The van der Waals surface area contributed by atoms with Crippen LogP contribution in [0.1, 0.15) is 44.1 Å². The summed E-state index contributed by atoms with van der Waals surface area (Å²) in [5.74, 6) is -0.789. The van der Waals surface area contributed by atoms with Gasteiger partial charge in [0.1, 0.15) is 11.6 Å². The Morgan fingerprint density at radius 2 is 1.97 bits per heavy atom. The number of carbonyl (C=O) groups excluding carboxylic acids is 4. The number of hydrogen-bond donors (Lipinski definition) is 4. The quantitative estimate of drug-likeness (QED) is 0.358. The summed E-state index contributed by atoms with van der Waals surface area (Å²) < 4.78 is 42.0. The summed E-state index contributed by atoms with van der Waals surface area (Å²) in [6, 6.07) is -3.70. The second-order valence-electron chi connectivity index (χ2n) is 8.22. The first kappa shape index (κ1) is 24.2. The lowest BCUT2D eigenvalue weighted by Gasteiger charge is -2.30. The molecule has 2 bridgehead atoms. The van der Waals surface area contributed by atoms with Crippen LogP contribution < -0.4 is 16.4 Å². The second-order valence-corrected chi connectivity index (χ2v) is 9.22. The van der Waals surface area contributed by atoms with Crippen LogP contribution >= 0.6 is 0 Å². The zero-order valence-electron chi connectivity index (χ0n) is 17.8. The van der Waals surface area contributed by atoms with Gasteiger partial charge in [0.25, 0.3) is 0 Å². The van der Waals surface area contributed by atoms with Gasteiger partial charge in [-0.05, 0) is 20.8 Å². The topological polar surface area (TPSA) is 215 Å². The Morgan fingerprint density at radius 3 is 2.55 bits per heavy atom. The van der Waals surface area contributed by atoms with Gasteiger partial charge in [0.05, 0.1) is 24.8 Å². The van der Waals surface area contributed by atoms with E-state index < -0.39 is 58.7 Å². The van der Waals surface area contributed by atoms with Crippen molar-refractivity contribution in [2.45, 2.75) is 38.5 Å².